The molecule has 0 radical (unpaired) electrons. The predicted octanol–water partition coefficient (Wildman–Crippen LogP) is 6.41. The van der Waals surface area contributed by atoms with Crippen molar-refractivity contribution in [2.75, 3.05) is 0 Å². The second-order valence-corrected chi connectivity index (χ2v) is 9.52. The summed E-state index contributed by atoms with van der Waals surface area (Å²) < 4.78 is 34.0. The molecule has 0 atom stereocenters. The molecule has 0 amide bonds. The molecule has 1 aliphatic rings. The highest BCUT2D eigenvalue weighted by molar-refractivity contribution is 7.86. The van der Waals surface area contributed by atoms with E-state index >= 15 is 0 Å². The molecule has 1 aliphatic carbocycles. The minimum absolute atomic E-state index is 0.0231. The lowest BCUT2D eigenvalue weighted by atomic mass is 9.77. The Hall–Kier alpha value is -1.65. The summed E-state index contributed by atoms with van der Waals surface area (Å²) >= 11 is 0. The highest BCUT2D eigenvalue weighted by Crippen LogP contribution is 2.39. The molecule has 27 heavy (non-hydrogen) atoms. The zero-order valence-corrected chi connectivity index (χ0v) is 17.3. The van der Waals surface area contributed by atoms with Crippen molar-refractivity contribution in [3.8, 4) is 11.1 Å². The maximum absolute atomic E-state index is 12.1. The highest BCUT2D eigenvalue weighted by atomic mass is 32.2. The van der Waals surface area contributed by atoms with E-state index in [1.807, 2.05) is 36.4 Å². The molecular formula is C23H30O3S. The van der Waals surface area contributed by atoms with Crippen molar-refractivity contribution in [3.05, 3.63) is 53.6 Å². The molecule has 0 spiro atoms. The smallest absolute Gasteiger partial charge is 0.282 e. The molecule has 0 unspecified atom stereocenters. The second-order valence-electron chi connectivity index (χ2n) is 8.13. The summed E-state index contributed by atoms with van der Waals surface area (Å²) in [4.78, 5) is 0.0231. The van der Waals surface area contributed by atoms with Crippen molar-refractivity contribution >= 4 is 10.1 Å². The molecule has 1 saturated carbocycles. The monoisotopic (exact) mass is 386 g/mol. The van der Waals surface area contributed by atoms with Gasteiger partial charge in [0.25, 0.3) is 10.1 Å². The molecule has 0 aliphatic heterocycles. The molecule has 1 N–H and O–H groups in total. The van der Waals surface area contributed by atoms with Crippen LogP contribution in [0.5, 0.6) is 0 Å². The van der Waals surface area contributed by atoms with E-state index in [-0.39, 0.29) is 4.90 Å². The summed E-state index contributed by atoms with van der Waals surface area (Å²) in [5.74, 6) is 1.59. The van der Waals surface area contributed by atoms with Crippen LogP contribution in [0.25, 0.3) is 11.1 Å². The molecule has 0 saturated heterocycles. The maximum Gasteiger partial charge on any atom is 0.295 e. The summed E-state index contributed by atoms with van der Waals surface area (Å²) in [6.45, 7) is 6.49. The van der Waals surface area contributed by atoms with Gasteiger partial charge in [-0.1, -0.05) is 63.6 Å². The van der Waals surface area contributed by atoms with Crippen molar-refractivity contribution in [1.82, 2.24) is 0 Å². The van der Waals surface area contributed by atoms with Crippen molar-refractivity contribution in [1.29, 1.82) is 0 Å². The van der Waals surface area contributed by atoms with Gasteiger partial charge in [-0.25, -0.2) is 0 Å². The van der Waals surface area contributed by atoms with Gasteiger partial charge in [-0.05, 0) is 66.2 Å². The first-order valence-corrected chi connectivity index (χ1v) is 11.4. The van der Waals surface area contributed by atoms with Crippen LogP contribution >= 0.6 is 0 Å². The van der Waals surface area contributed by atoms with E-state index in [0.717, 1.165) is 29.9 Å². The van der Waals surface area contributed by atoms with Crippen LogP contribution in [0.2, 0.25) is 0 Å². The lowest BCUT2D eigenvalue weighted by Gasteiger charge is -2.28. The standard InChI is InChI=1S/C23H30O3S/c1-4-17-5-7-19(8-6-17)21-13-14-22(23(15-21)27(24,25)26)20-11-9-18(10-12-20)16(2)3/h9-17,19H,4-8H2,1-3H3,(H,24,25,26). The van der Waals surface area contributed by atoms with Crippen LogP contribution in [0, 0.1) is 5.92 Å². The third-order valence-electron chi connectivity index (χ3n) is 6.07. The van der Waals surface area contributed by atoms with E-state index in [4.69, 9.17) is 0 Å². The van der Waals surface area contributed by atoms with Gasteiger partial charge in [-0.3, -0.25) is 4.55 Å². The summed E-state index contributed by atoms with van der Waals surface area (Å²) in [5, 5.41) is 0. The Morgan fingerprint density at radius 2 is 1.63 bits per heavy atom. The van der Waals surface area contributed by atoms with Crippen LogP contribution in [0.4, 0.5) is 0 Å². The van der Waals surface area contributed by atoms with Crippen molar-refractivity contribution in [2.24, 2.45) is 5.92 Å². The summed E-state index contributed by atoms with van der Waals surface area (Å²) in [6, 6.07) is 13.5. The minimum Gasteiger partial charge on any atom is -0.282 e. The van der Waals surface area contributed by atoms with Crippen LogP contribution in [-0.2, 0) is 10.1 Å². The van der Waals surface area contributed by atoms with Crippen molar-refractivity contribution in [3.63, 3.8) is 0 Å². The largest absolute Gasteiger partial charge is 0.295 e. The normalized spacial score (nSPS) is 20.8. The average molecular weight is 387 g/mol. The van der Waals surface area contributed by atoms with Gasteiger partial charge in [0.2, 0.25) is 0 Å². The average Bonchev–Trinajstić information content (AvgIpc) is 2.67. The Bertz CT molecular complexity index is 874. The molecular weight excluding hydrogens is 356 g/mol. The third kappa shape index (κ3) is 4.61. The van der Waals surface area contributed by atoms with Gasteiger partial charge in [0.15, 0.2) is 0 Å². The first-order valence-electron chi connectivity index (χ1n) is 10.0. The quantitative estimate of drug-likeness (QED) is 0.604. The second kappa shape index (κ2) is 8.15. The number of hydrogen-bond donors (Lipinski definition) is 1. The maximum atomic E-state index is 12.1. The van der Waals surface area contributed by atoms with Crippen LogP contribution in [0.3, 0.4) is 0 Å². The number of rotatable bonds is 5. The van der Waals surface area contributed by atoms with Gasteiger partial charge < -0.3 is 0 Å². The molecule has 0 heterocycles. The molecule has 0 bridgehead atoms. The van der Waals surface area contributed by atoms with Crippen molar-refractivity contribution < 1.29 is 13.0 Å². The van der Waals surface area contributed by atoms with Crippen LogP contribution in [0.1, 0.15) is 75.8 Å². The minimum atomic E-state index is -4.28. The van der Waals surface area contributed by atoms with Crippen LogP contribution in [0.15, 0.2) is 47.4 Å². The molecule has 3 nitrogen and oxygen atoms in total. The van der Waals surface area contributed by atoms with Crippen LogP contribution in [-0.4, -0.2) is 13.0 Å². The Morgan fingerprint density at radius 3 is 2.15 bits per heavy atom. The fourth-order valence-corrected chi connectivity index (χ4v) is 4.95. The number of hydrogen-bond acceptors (Lipinski definition) is 2. The zero-order chi connectivity index (χ0) is 19.6. The fraction of sp³-hybridized carbons (Fsp3) is 0.478. The first kappa shape index (κ1) is 20.1. The molecule has 2 aromatic rings. The first-order chi connectivity index (χ1) is 12.8. The lowest BCUT2D eigenvalue weighted by Crippen LogP contribution is -2.13. The van der Waals surface area contributed by atoms with Gasteiger partial charge >= 0.3 is 0 Å². The predicted molar refractivity (Wildman–Crippen MR) is 111 cm³/mol. The Balaban J connectivity index is 1.96. The van der Waals surface area contributed by atoms with Crippen LogP contribution < -0.4 is 0 Å². The van der Waals surface area contributed by atoms with Gasteiger partial charge in [0.1, 0.15) is 4.90 Å². The van der Waals surface area contributed by atoms with E-state index in [2.05, 4.69) is 20.8 Å². The van der Waals surface area contributed by atoms with Gasteiger partial charge in [0.05, 0.1) is 0 Å². The highest BCUT2D eigenvalue weighted by Gasteiger charge is 2.24. The molecule has 146 valence electrons. The van der Waals surface area contributed by atoms with Gasteiger partial charge in [0, 0.05) is 5.56 Å². The lowest BCUT2D eigenvalue weighted by molar-refractivity contribution is 0.318. The third-order valence-corrected chi connectivity index (χ3v) is 6.96. The van der Waals surface area contributed by atoms with Gasteiger partial charge in [-0.15, -0.1) is 0 Å². The summed E-state index contributed by atoms with van der Waals surface area (Å²) in [5.41, 5.74) is 3.61. The van der Waals surface area contributed by atoms with Crippen molar-refractivity contribution in [2.45, 2.75) is 69.6 Å². The fourth-order valence-electron chi connectivity index (χ4n) is 4.20. The summed E-state index contributed by atoms with van der Waals surface area (Å²) in [6.07, 6.45) is 5.79. The Morgan fingerprint density at radius 1 is 1.00 bits per heavy atom. The van der Waals surface area contributed by atoms with Gasteiger partial charge in [-0.2, -0.15) is 8.42 Å². The molecule has 1 fully saturated rings. The Labute approximate surface area is 163 Å². The Kier molecular flexibility index (Phi) is 6.07. The molecule has 4 heteroatoms. The van der Waals surface area contributed by atoms with E-state index in [1.54, 1.807) is 6.07 Å². The molecule has 2 aromatic carbocycles. The van der Waals surface area contributed by atoms with E-state index in [9.17, 15) is 13.0 Å². The zero-order valence-electron chi connectivity index (χ0n) is 16.5. The number of benzene rings is 2. The topological polar surface area (TPSA) is 54.4 Å². The van der Waals surface area contributed by atoms with E-state index in [1.165, 1.54) is 24.8 Å². The van der Waals surface area contributed by atoms with E-state index < -0.39 is 10.1 Å². The molecule has 3 rings (SSSR count). The van der Waals surface area contributed by atoms with E-state index in [0.29, 0.717) is 17.4 Å². The molecule has 0 aromatic heterocycles. The summed E-state index contributed by atoms with van der Waals surface area (Å²) in [7, 11) is -4.28. The SMILES string of the molecule is CCC1CCC(c2ccc(-c3ccc(C(C)C)cc3)c(S(=O)(=O)O)c2)CC1.